The van der Waals surface area contributed by atoms with Gasteiger partial charge in [-0.2, -0.15) is 4.31 Å². The fourth-order valence-electron chi connectivity index (χ4n) is 2.30. The van der Waals surface area contributed by atoms with Gasteiger partial charge in [0.05, 0.1) is 0 Å². The van der Waals surface area contributed by atoms with E-state index in [9.17, 15) is 12.8 Å². The molecule has 1 unspecified atom stereocenters. The van der Waals surface area contributed by atoms with Gasteiger partial charge < -0.3 is 5.73 Å². The molecular formula is C12H18ClFN2O2S. The normalized spacial score (nSPS) is 20.3. The van der Waals surface area contributed by atoms with Gasteiger partial charge in [0.15, 0.2) is 0 Å². The first-order valence-corrected chi connectivity index (χ1v) is 7.39. The number of halogens is 2. The van der Waals surface area contributed by atoms with E-state index in [1.807, 2.05) is 0 Å². The van der Waals surface area contributed by atoms with Gasteiger partial charge >= 0.3 is 0 Å². The summed E-state index contributed by atoms with van der Waals surface area (Å²) in [6, 6.07) is 3.95. The minimum atomic E-state index is -3.77. The molecule has 2 N–H and O–H groups in total. The summed E-state index contributed by atoms with van der Waals surface area (Å²) in [6.45, 7) is 2.41. The average Bonchev–Trinajstić information content (AvgIpc) is 2.76. The van der Waals surface area contributed by atoms with Gasteiger partial charge in [-0.3, -0.25) is 0 Å². The van der Waals surface area contributed by atoms with Gasteiger partial charge in [0.1, 0.15) is 10.7 Å². The molecule has 1 atom stereocenters. The lowest BCUT2D eigenvalue weighted by molar-refractivity contribution is 0.390. The average molecular weight is 309 g/mol. The fraction of sp³-hybridized carbons (Fsp3) is 0.500. The first-order chi connectivity index (χ1) is 8.46. The quantitative estimate of drug-likeness (QED) is 0.924. The van der Waals surface area contributed by atoms with E-state index < -0.39 is 15.8 Å². The van der Waals surface area contributed by atoms with Crippen molar-refractivity contribution in [1.29, 1.82) is 0 Å². The molecule has 1 aliphatic heterocycles. The molecule has 0 radical (unpaired) electrons. The third kappa shape index (κ3) is 3.08. The number of sulfonamides is 1. The van der Waals surface area contributed by atoms with Gasteiger partial charge in [-0.25, -0.2) is 12.8 Å². The Kier molecular flexibility index (Phi) is 5.32. The fourth-order valence-corrected chi connectivity index (χ4v) is 4.05. The highest BCUT2D eigenvalue weighted by molar-refractivity contribution is 7.89. The number of nitrogens with zero attached hydrogens (tertiary/aromatic N) is 1. The van der Waals surface area contributed by atoms with E-state index in [1.165, 1.54) is 16.4 Å². The second-order valence-electron chi connectivity index (χ2n) is 4.58. The number of rotatable bonds is 3. The number of hydrogen-bond acceptors (Lipinski definition) is 3. The molecule has 1 fully saturated rings. The van der Waals surface area contributed by atoms with Crippen molar-refractivity contribution >= 4 is 22.4 Å². The summed E-state index contributed by atoms with van der Waals surface area (Å²) < 4.78 is 39.8. The summed E-state index contributed by atoms with van der Waals surface area (Å²) in [5, 5.41) is 0. The smallest absolute Gasteiger partial charge is 0.246 e. The van der Waals surface area contributed by atoms with E-state index >= 15 is 0 Å². The molecule has 1 aromatic rings. The first-order valence-electron chi connectivity index (χ1n) is 5.95. The van der Waals surface area contributed by atoms with Crippen molar-refractivity contribution < 1.29 is 12.8 Å². The highest BCUT2D eigenvalue weighted by Crippen LogP contribution is 2.27. The summed E-state index contributed by atoms with van der Waals surface area (Å²) in [7, 11) is -3.77. The zero-order chi connectivity index (χ0) is 13.3. The molecule has 0 bridgehead atoms. The van der Waals surface area contributed by atoms with Gasteiger partial charge in [-0.1, -0.05) is 6.07 Å². The highest BCUT2D eigenvalue weighted by atomic mass is 35.5. The van der Waals surface area contributed by atoms with Gasteiger partial charge in [0, 0.05) is 19.1 Å². The maximum Gasteiger partial charge on any atom is 0.246 e. The van der Waals surface area contributed by atoms with E-state index in [-0.39, 0.29) is 29.9 Å². The number of aryl methyl sites for hydroxylation is 1. The number of nitrogens with two attached hydrogens (primary N) is 1. The van der Waals surface area contributed by atoms with Gasteiger partial charge in [-0.05, 0) is 37.5 Å². The molecular weight excluding hydrogens is 291 g/mol. The van der Waals surface area contributed by atoms with Crippen molar-refractivity contribution in [3.05, 3.63) is 29.6 Å². The predicted octanol–water partition coefficient (Wildman–Crippen LogP) is 1.67. The summed E-state index contributed by atoms with van der Waals surface area (Å²) in [5.74, 6) is -0.697. The topological polar surface area (TPSA) is 63.4 Å². The predicted molar refractivity (Wildman–Crippen MR) is 74.4 cm³/mol. The molecule has 0 aromatic heterocycles. The third-order valence-electron chi connectivity index (χ3n) is 3.27. The molecule has 19 heavy (non-hydrogen) atoms. The van der Waals surface area contributed by atoms with Crippen LogP contribution in [0.15, 0.2) is 23.1 Å². The van der Waals surface area contributed by atoms with Crippen molar-refractivity contribution in [3.8, 4) is 0 Å². The van der Waals surface area contributed by atoms with E-state index in [2.05, 4.69) is 0 Å². The Morgan fingerprint density at radius 1 is 1.47 bits per heavy atom. The van der Waals surface area contributed by atoms with Crippen LogP contribution in [-0.2, 0) is 10.0 Å². The summed E-state index contributed by atoms with van der Waals surface area (Å²) >= 11 is 0. The SMILES string of the molecule is Cc1ccc(S(=O)(=O)N2CCCC2CN)c(F)c1.Cl. The summed E-state index contributed by atoms with van der Waals surface area (Å²) in [6.07, 6.45) is 1.51. The zero-order valence-corrected chi connectivity index (χ0v) is 12.3. The van der Waals surface area contributed by atoms with Crippen LogP contribution in [0.4, 0.5) is 4.39 Å². The lowest BCUT2D eigenvalue weighted by atomic mass is 10.2. The number of benzene rings is 1. The summed E-state index contributed by atoms with van der Waals surface area (Å²) in [5.41, 5.74) is 6.26. The van der Waals surface area contributed by atoms with Crippen molar-refractivity contribution in [2.24, 2.45) is 5.73 Å². The molecule has 0 aliphatic carbocycles. The van der Waals surface area contributed by atoms with Gasteiger partial charge in [-0.15, -0.1) is 12.4 Å². The Morgan fingerprint density at radius 3 is 2.74 bits per heavy atom. The second-order valence-corrected chi connectivity index (χ2v) is 6.44. The Labute approximate surface area is 119 Å². The molecule has 4 nitrogen and oxygen atoms in total. The molecule has 0 saturated carbocycles. The molecule has 1 heterocycles. The van der Waals surface area contributed by atoms with Crippen LogP contribution in [0.2, 0.25) is 0 Å². The monoisotopic (exact) mass is 308 g/mol. The second kappa shape index (κ2) is 6.17. The van der Waals surface area contributed by atoms with Crippen LogP contribution in [0.25, 0.3) is 0 Å². The minimum absolute atomic E-state index is 0. The van der Waals surface area contributed by atoms with E-state index in [4.69, 9.17) is 5.73 Å². The van der Waals surface area contributed by atoms with Crippen LogP contribution >= 0.6 is 12.4 Å². The molecule has 2 rings (SSSR count). The van der Waals surface area contributed by atoms with Crippen LogP contribution in [0.1, 0.15) is 18.4 Å². The molecule has 108 valence electrons. The van der Waals surface area contributed by atoms with Gasteiger partial charge in [0.25, 0.3) is 0 Å². The van der Waals surface area contributed by atoms with Crippen LogP contribution in [0.3, 0.4) is 0 Å². The molecule has 7 heteroatoms. The van der Waals surface area contributed by atoms with Crippen molar-refractivity contribution in [3.63, 3.8) is 0 Å². The van der Waals surface area contributed by atoms with Crippen molar-refractivity contribution in [2.75, 3.05) is 13.1 Å². The maximum absolute atomic E-state index is 13.8. The molecule has 1 aromatic carbocycles. The standard InChI is InChI=1S/C12H17FN2O2S.ClH/c1-9-4-5-12(11(13)7-9)18(16,17)15-6-2-3-10(15)8-14;/h4-5,7,10H,2-3,6,8,14H2,1H3;1H. The molecule has 0 amide bonds. The van der Waals surface area contributed by atoms with Crippen molar-refractivity contribution in [1.82, 2.24) is 4.31 Å². The zero-order valence-electron chi connectivity index (χ0n) is 10.7. The van der Waals surface area contributed by atoms with Crippen LogP contribution in [-0.4, -0.2) is 31.9 Å². The third-order valence-corrected chi connectivity index (χ3v) is 5.25. The molecule has 1 aliphatic rings. The van der Waals surface area contributed by atoms with Crippen LogP contribution in [0.5, 0.6) is 0 Å². The Bertz CT molecular complexity index is 551. The maximum atomic E-state index is 13.8. The lowest BCUT2D eigenvalue weighted by Crippen LogP contribution is -2.40. The van der Waals surface area contributed by atoms with E-state index in [0.717, 1.165) is 12.8 Å². The Balaban J connectivity index is 0.00000180. The van der Waals surface area contributed by atoms with Crippen molar-refractivity contribution in [2.45, 2.75) is 30.7 Å². The Morgan fingerprint density at radius 2 is 2.16 bits per heavy atom. The minimum Gasteiger partial charge on any atom is -0.329 e. The Hall–Kier alpha value is -0.690. The first kappa shape index (κ1) is 16.4. The molecule has 1 saturated heterocycles. The summed E-state index contributed by atoms with van der Waals surface area (Å²) in [4.78, 5) is -0.256. The lowest BCUT2D eigenvalue weighted by Gasteiger charge is -2.23. The van der Waals surface area contributed by atoms with E-state index in [0.29, 0.717) is 12.1 Å². The highest BCUT2D eigenvalue weighted by Gasteiger charge is 2.35. The number of hydrogen-bond donors (Lipinski definition) is 1. The van der Waals surface area contributed by atoms with Gasteiger partial charge in [0.2, 0.25) is 10.0 Å². The van der Waals surface area contributed by atoms with Crippen LogP contribution < -0.4 is 5.73 Å². The van der Waals surface area contributed by atoms with E-state index in [1.54, 1.807) is 13.0 Å². The molecule has 0 spiro atoms. The van der Waals surface area contributed by atoms with Crippen LogP contribution in [0, 0.1) is 12.7 Å². The largest absolute Gasteiger partial charge is 0.329 e.